The van der Waals surface area contributed by atoms with E-state index in [9.17, 15) is 9.59 Å². The molecule has 2 rings (SSSR count). The summed E-state index contributed by atoms with van der Waals surface area (Å²) in [7, 11) is 0. The van der Waals surface area contributed by atoms with Crippen molar-refractivity contribution in [2.75, 3.05) is 6.54 Å². The number of nitrogens with zero attached hydrogens (tertiary/aromatic N) is 2. The first kappa shape index (κ1) is 14.0. The Morgan fingerprint density at radius 3 is 2.70 bits per heavy atom. The summed E-state index contributed by atoms with van der Waals surface area (Å²) in [5, 5.41) is 16.4. The number of aromatic nitrogens is 2. The standard InChI is InChI=1S/C14H17N3O3/c1-9(2)17(8-7-12(18)19)14(20)13-10-5-3-4-6-11(10)15-16-13/h3-6,9H,7-8H2,1-2H3,(H,15,16)(H,18,19). The van der Waals surface area contributed by atoms with Crippen LogP contribution < -0.4 is 0 Å². The van der Waals surface area contributed by atoms with E-state index in [0.717, 1.165) is 10.9 Å². The molecule has 0 saturated heterocycles. The first-order valence-electron chi connectivity index (χ1n) is 6.46. The normalized spacial score (nSPS) is 10.9. The molecule has 20 heavy (non-hydrogen) atoms. The molecule has 0 fully saturated rings. The highest BCUT2D eigenvalue weighted by molar-refractivity contribution is 6.04. The minimum Gasteiger partial charge on any atom is -0.481 e. The van der Waals surface area contributed by atoms with Gasteiger partial charge in [0, 0.05) is 18.0 Å². The molecule has 0 aliphatic carbocycles. The highest BCUT2D eigenvalue weighted by Gasteiger charge is 2.23. The van der Waals surface area contributed by atoms with Crippen LogP contribution >= 0.6 is 0 Å². The predicted octanol–water partition coefficient (Wildman–Crippen LogP) is 1.89. The van der Waals surface area contributed by atoms with E-state index in [1.807, 2.05) is 38.1 Å². The fraction of sp³-hybridized carbons (Fsp3) is 0.357. The molecule has 6 nitrogen and oxygen atoms in total. The molecule has 1 aromatic heterocycles. The predicted molar refractivity (Wildman–Crippen MR) is 74.5 cm³/mol. The molecule has 0 spiro atoms. The number of H-pyrrole nitrogens is 1. The topological polar surface area (TPSA) is 86.3 Å². The Bertz CT molecular complexity index is 633. The van der Waals surface area contributed by atoms with Gasteiger partial charge >= 0.3 is 5.97 Å². The van der Waals surface area contributed by atoms with E-state index < -0.39 is 5.97 Å². The van der Waals surface area contributed by atoms with Crippen molar-refractivity contribution < 1.29 is 14.7 Å². The summed E-state index contributed by atoms with van der Waals surface area (Å²) < 4.78 is 0. The van der Waals surface area contributed by atoms with Gasteiger partial charge in [-0.15, -0.1) is 0 Å². The molecular formula is C14H17N3O3. The van der Waals surface area contributed by atoms with E-state index in [4.69, 9.17) is 5.11 Å². The Morgan fingerprint density at radius 1 is 1.35 bits per heavy atom. The molecule has 6 heteroatoms. The van der Waals surface area contributed by atoms with E-state index in [-0.39, 0.29) is 24.9 Å². The number of amides is 1. The Morgan fingerprint density at radius 2 is 2.05 bits per heavy atom. The van der Waals surface area contributed by atoms with Gasteiger partial charge in [-0.25, -0.2) is 0 Å². The van der Waals surface area contributed by atoms with Gasteiger partial charge in [0.05, 0.1) is 11.9 Å². The lowest BCUT2D eigenvalue weighted by atomic mass is 10.1. The number of hydrogen-bond acceptors (Lipinski definition) is 3. The van der Waals surface area contributed by atoms with Crippen molar-refractivity contribution in [2.24, 2.45) is 0 Å². The molecular weight excluding hydrogens is 258 g/mol. The van der Waals surface area contributed by atoms with Crippen LogP contribution in [-0.2, 0) is 4.79 Å². The number of carboxylic acids is 1. The number of hydrogen-bond donors (Lipinski definition) is 2. The first-order chi connectivity index (χ1) is 9.50. The lowest BCUT2D eigenvalue weighted by Gasteiger charge is -2.25. The summed E-state index contributed by atoms with van der Waals surface area (Å²) in [6.07, 6.45) is -0.0771. The Kier molecular flexibility index (Phi) is 4.02. The molecule has 106 valence electrons. The van der Waals surface area contributed by atoms with Gasteiger partial charge in [0.25, 0.3) is 5.91 Å². The minimum absolute atomic E-state index is 0.0771. The van der Waals surface area contributed by atoms with Crippen LogP contribution in [0.25, 0.3) is 10.9 Å². The van der Waals surface area contributed by atoms with Gasteiger partial charge in [-0.05, 0) is 19.9 Å². The number of fused-ring (bicyclic) bond motifs is 1. The molecule has 0 bridgehead atoms. The summed E-state index contributed by atoms with van der Waals surface area (Å²) in [4.78, 5) is 24.7. The smallest absolute Gasteiger partial charge is 0.305 e. The Labute approximate surface area is 116 Å². The molecule has 1 amide bonds. The maximum atomic E-state index is 12.5. The summed E-state index contributed by atoms with van der Waals surface area (Å²) in [5.41, 5.74) is 1.12. The van der Waals surface area contributed by atoms with Gasteiger partial charge in [0.1, 0.15) is 0 Å². The maximum absolute atomic E-state index is 12.5. The van der Waals surface area contributed by atoms with Crippen molar-refractivity contribution in [1.82, 2.24) is 15.1 Å². The van der Waals surface area contributed by atoms with Gasteiger partial charge in [0.15, 0.2) is 5.69 Å². The zero-order chi connectivity index (χ0) is 14.7. The van der Waals surface area contributed by atoms with Crippen LogP contribution in [0.4, 0.5) is 0 Å². The second-order valence-electron chi connectivity index (χ2n) is 4.85. The third-order valence-electron chi connectivity index (χ3n) is 3.12. The van der Waals surface area contributed by atoms with Gasteiger partial charge in [-0.2, -0.15) is 5.10 Å². The average molecular weight is 275 g/mol. The molecule has 0 atom stereocenters. The van der Waals surface area contributed by atoms with E-state index in [1.165, 1.54) is 4.90 Å². The zero-order valence-electron chi connectivity index (χ0n) is 11.5. The SMILES string of the molecule is CC(C)N(CCC(=O)O)C(=O)c1n[nH]c2ccccc12. The highest BCUT2D eigenvalue weighted by atomic mass is 16.4. The summed E-state index contributed by atoms with van der Waals surface area (Å²) in [6, 6.07) is 7.28. The van der Waals surface area contributed by atoms with Gasteiger partial charge in [-0.3, -0.25) is 14.7 Å². The van der Waals surface area contributed by atoms with E-state index in [0.29, 0.717) is 5.69 Å². The molecule has 2 aromatic rings. The van der Waals surface area contributed by atoms with Crippen LogP contribution in [0.5, 0.6) is 0 Å². The molecule has 0 unspecified atom stereocenters. The van der Waals surface area contributed by atoms with E-state index >= 15 is 0 Å². The third kappa shape index (κ3) is 2.79. The molecule has 1 heterocycles. The fourth-order valence-corrected chi connectivity index (χ4v) is 2.07. The van der Waals surface area contributed by atoms with Gasteiger partial charge in [0.2, 0.25) is 0 Å². The Balaban J connectivity index is 2.29. The first-order valence-corrected chi connectivity index (χ1v) is 6.46. The fourth-order valence-electron chi connectivity index (χ4n) is 2.07. The largest absolute Gasteiger partial charge is 0.481 e. The molecule has 0 aliphatic rings. The summed E-state index contributed by atoms with van der Waals surface area (Å²) >= 11 is 0. The zero-order valence-corrected chi connectivity index (χ0v) is 11.5. The maximum Gasteiger partial charge on any atom is 0.305 e. The number of para-hydroxylation sites is 1. The molecule has 0 radical (unpaired) electrons. The lowest BCUT2D eigenvalue weighted by Crippen LogP contribution is -2.38. The van der Waals surface area contributed by atoms with E-state index in [1.54, 1.807) is 0 Å². The van der Waals surface area contributed by atoms with Crippen molar-refractivity contribution in [1.29, 1.82) is 0 Å². The van der Waals surface area contributed by atoms with Crippen molar-refractivity contribution in [3.63, 3.8) is 0 Å². The van der Waals surface area contributed by atoms with E-state index in [2.05, 4.69) is 10.2 Å². The van der Waals surface area contributed by atoms with Crippen molar-refractivity contribution in [2.45, 2.75) is 26.3 Å². The van der Waals surface area contributed by atoms with Crippen LogP contribution in [0, 0.1) is 0 Å². The Hall–Kier alpha value is -2.37. The van der Waals surface area contributed by atoms with Crippen LogP contribution in [-0.4, -0.2) is 44.7 Å². The second kappa shape index (κ2) is 5.73. The number of carbonyl (C=O) groups is 2. The number of benzene rings is 1. The summed E-state index contributed by atoms with van der Waals surface area (Å²) in [6.45, 7) is 3.89. The number of aromatic amines is 1. The highest BCUT2D eigenvalue weighted by Crippen LogP contribution is 2.18. The number of carbonyl (C=O) groups excluding carboxylic acids is 1. The quantitative estimate of drug-likeness (QED) is 0.872. The second-order valence-corrected chi connectivity index (χ2v) is 4.85. The van der Waals surface area contributed by atoms with Gasteiger partial charge in [-0.1, -0.05) is 18.2 Å². The number of carboxylic acid groups (broad SMARTS) is 1. The molecule has 0 aliphatic heterocycles. The van der Waals surface area contributed by atoms with Crippen molar-refractivity contribution >= 4 is 22.8 Å². The van der Waals surface area contributed by atoms with Gasteiger partial charge < -0.3 is 10.0 Å². The number of rotatable bonds is 5. The minimum atomic E-state index is -0.921. The van der Waals surface area contributed by atoms with Crippen molar-refractivity contribution in [3.8, 4) is 0 Å². The summed E-state index contributed by atoms with van der Waals surface area (Å²) in [5.74, 6) is -1.17. The monoisotopic (exact) mass is 275 g/mol. The average Bonchev–Trinajstić information content (AvgIpc) is 2.81. The van der Waals surface area contributed by atoms with Crippen LogP contribution in [0.3, 0.4) is 0 Å². The number of nitrogens with one attached hydrogen (secondary N) is 1. The molecule has 2 N–H and O–H groups in total. The molecule has 1 aromatic carbocycles. The third-order valence-corrected chi connectivity index (χ3v) is 3.12. The van der Waals surface area contributed by atoms with Crippen LogP contribution in [0.2, 0.25) is 0 Å². The lowest BCUT2D eigenvalue weighted by molar-refractivity contribution is -0.137. The molecule has 0 saturated carbocycles. The van der Waals surface area contributed by atoms with Crippen molar-refractivity contribution in [3.05, 3.63) is 30.0 Å². The number of aliphatic carboxylic acids is 1. The van der Waals surface area contributed by atoms with Crippen LogP contribution in [0.15, 0.2) is 24.3 Å². The van der Waals surface area contributed by atoms with Crippen LogP contribution in [0.1, 0.15) is 30.8 Å².